The zero-order valence-electron chi connectivity index (χ0n) is 10.4. The maximum Gasteiger partial charge on any atom is 0.354 e. The molecule has 1 heterocycles. The van der Waals surface area contributed by atoms with Crippen LogP contribution in [0.5, 0.6) is 5.75 Å². The molecule has 0 amide bonds. The van der Waals surface area contributed by atoms with Crippen LogP contribution >= 0.6 is 0 Å². The lowest BCUT2D eigenvalue weighted by Gasteiger charge is -2.11. The van der Waals surface area contributed by atoms with Crippen molar-refractivity contribution in [2.75, 3.05) is 6.61 Å². The summed E-state index contributed by atoms with van der Waals surface area (Å²) in [7, 11) is 0. The van der Waals surface area contributed by atoms with E-state index in [0.29, 0.717) is 23.8 Å². The molecule has 1 aromatic heterocycles. The largest absolute Gasteiger partial charge is 0.493 e. The topological polar surface area (TPSA) is 59.4 Å². The third-order valence-electron chi connectivity index (χ3n) is 2.47. The molecule has 94 valence electrons. The van der Waals surface area contributed by atoms with E-state index in [4.69, 9.17) is 9.84 Å². The average Bonchev–Trinajstić information content (AvgIpc) is 2.35. The summed E-state index contributed by atoms with van der Waals surface area (Å²) in [5.41, 5.74) is 0.642. The van der Waals surface area contributed by atoms with Crippen LogP contribution in [0, 0.1) is 5.92 Å². The number of aromatic carboxylic acids is 1. The van der Waals surface area contributed by atoms with Crippen LogP contribution in [-0.2, 0) is 0 Å². The summed E-state index contributed by atoms with van der Waals surface area (Å²) in [5.74, 6) is -0.0907. The highest BCUT2D eigenvalue weighted by Crippen LogP contribution is 2.25. The summed E-state index contributed by atoms with van der Waals surface area (Å²) >= 11 is 0. The van der Waals surface area contributed by atoms with Crippen molar-refractivity contribution in [3.05, 3.63) is 36.0 Å². The van der Waals surface area contributed by atoms with E-state index >= 15 is 0 Å². The SMILES string of the molecule is CC(C)COc1cc(C(=O)O)nc2ccccc12. The lowest BCUT2D eigenvalue weighted by Crippen LogP contribution is -2.07. The van der Waals surface area contributed by atoms with Gasteiger partial charge in [0.15, 0.2) is 5.69 Å². The fourth-order valence-electron chi connectivity index (χ4n) is 1.63. The molecule has 0 fully saturated rings. The third-order valence-corrected chi connectivity index (χ3v) is 2.47. The van der Waals surface area contributed by atoms with Crippen molar-refractivity contribution in [3.63, 3.8) is 0 Å². The first kappa shape index (κ1) is 12.4. The Bertz CT molecular complexity index is 578. The van der Waals surface area contributed by atoms with Gasteiger partial charge in [-0.05, 0) is 18.1 Å². The van der Waals surface area contributed by atoms with Gasteiger partial charge in [-0.15, -0.1) is 0 Å². The molecule has 0 unspecified atom stereocenters. The molecule has 0 bridgehead atoms. The van der Waals surface area contributed by atoms with Crippen molar-refractivity contribution in [1.82, 2.24) is 4.98 Å². The normalized spacial score (nSPS) is 10.8. The van der Waals surface area contributed by atoms with E-state index < -0.39 is 5.97 Å². The quantitative estimate of drug-likeness (QED) is 0.899. The minimum Gasteiger partial charge on any atom is -0.493 e. The van der Waals surface area contributed by atoms with Crippen molar-refractivity contribution >= 4 is 16.9 Å². The molecule has 0 aliphatic heterocycles. The maximum absolute atomic E-state index is 11.0. The van der Waals surface area contributed by atoms with Gasteiger partial charge >= 0.3 is 5.97 Å². The monoisotopic (exact) mass is 245 g/mol. The van der Waals surface area contributed by atoms with Gasteiger partial charge in [-0.2, -0.15) is 0 Å². The Labute approximate surface area is 105 Å². The predicted octanol–water partition coefficient (Wildman–Crippen LogP) is 2.97. The Morgan fingerprint density at radius 3 is 2.78 bits per heavy atom. The van der Waals surface area contributed by atoms with E-state index in [0.717, 1.165) is 5.39 Å². The first-order valence-corrected chi connectivity index (χ1v) is 5.84. The number of pyridine rings is 1. The van der Waals surface area contributed by atoms with E-state index in [-0.39, 0.29) is 5.69 Å². The summed E-state index contributed by atoms with van der Waals surface area (Å²) in [4.78, 5) is 15.1. The van der Waals surface area contributed by atoms with E-state index in [9.17, 15) is 4.79 Å². The van der Waals surface area contributed by atoms with Crippen LogP contribution in [0.2, 0.25) is 0 Å². The first-order chi connectivity index (χ1) is 8.58. The molecule has 0 aliphatic rings. The van der Waals surface area contributed by atoms with Gasteiger partial charge in [0.1, 0.15) is 5.75 Å². The second kappa shape index (κ2) is 5.04. The Morgan fingerprint density at radius 1 is 1.39 bits per heavy atom. The Morgan fingerprint density at radius 2 is 2.11 bits per heavy atom. The number of nitrogens with zero attached hydrogens (tertiary/aromatic N) is 1. The molecule has 2 rings (SSSR count). The van der Waals surface area contributed by atoms with Crippen LogP contribution in [0.1, 0.15) is 24.3 Å². The van der Waals surface area contributed by atoms with E-state index in [1.54, 1.807) is 6.07 Å². The Balaban J connectivity index is 2.50. The molecule has 1 N–H and O–H groups in total. The van der Waals surface area contributed by atoms with Gasteiger partial charge in [-0.3, -0.25) is 0 Å². The molecule has 0 radical (unpaired) electrons. The number of hydrogen-bond acceptors (Lipinski definition) is 3. The number of ether oxygens (including phenoxy) is 1. The highest BCUT2D eigenvalue weighted by molar-refractivity contribution is 5.93. The van der Waals surface area contributed by atoms with Gasteiger partial charge in [0, 0.05) is 11.5 Å². The zero-order valence-corrected chi connectivity index (χ0v) is 10.4. The number of hydrogen-bond donors (Lipinski definition) is 1. The standard InChI is InChI=1S/C14H15NO3/c1-9(2)8-18-13-7-12(14(16)17)15-11-6-4-3-5-10(11)13/h3-7,9H,8H2,1-2H3,(H,16,17). The number of benzene rings is 1. The molecule has 0 saturated carbocycles. The van der Waals surface area contributed by atoms with Gasteiger partial charge in [0.05, 0.1) is 12.1 Å². The summed E-state index contributed by atoms with van der Waals surface area (Å²) in [6.45, 7) is 4.63. The highest BCUT2D eigenvalue weighted by Gasteiger charge is 2.11. The number of para-hydroxylation sites is 1. The van der Waals surface area contributed by atoms with Crippen molar-refractivity contribution in [2.24, 2.45) is 5.92 Å². The van der Waals surface area contributed by atoms with Crippen LogP contribution in [0.25, 0.3) is 10.9 Å². The fraction of sp³-hybridized carbons (Fsp3) is 0.286. The summed E-state index contributed by atoms with van der Waals surface area (Å²) in [6, 6.07) is 8.85. The number of carboxylic acids is 1. The van der Waals surface area contributed by atoms with Crippen molar-refractivity contribution in [2.45, 2.75) is 13.8 Å². The molecule has 0 aliphatic carbocycles. The van der Waals surface area contributed by atoms with Crippen LogP contribution in [0.3, 0.4) is 0 Å². The lowest BCUT2D eigenvalue weighted by atomic mass is 10.1. The predicted molar refractivity (Wildman–Crippen MR) is 69.0 cm³/mol. The average molecular weight is 245 g/mol. The van der Waals surface area contributed by atoms with E-state index in [1.165, 1.54) is 6.07 Å². The number of rotatable bonds is 4. The molecule has 4 nitrogen and oxygen atoms in total. The smallest absolute Gasteiger partial charge is 0.354 e. The molecular formula is C14H15NO3. The Hall–Kier alpha value is -2.10. The van der Waals surface area contributed by atoms with Gasteiger partial charge in [0.2, 0.25) is 0 Å². The number of carbonyl (C=O) groups is 1. The molecule has 2 aromatic rings. The molecule has 18 heavy (non-hydrogen) atoms. The second-order valence-corrected chi connectivity index (χ2v) is 4.53. The van der Waals surface area contributed by atoms with Crippen LogP contribution in [0.4, 0.5) is 0 Å². The number of carboxylic acid groups (broad SMARTS) is 1. The van der Waals surface area contributed by atoms with Crippen LogP contribution < -0.4 is 4.74 Å². The molecule has 0 spiro atoms. The second-order valence-electron chi connectivity index (χ2n) is 4.53. The van der Waals surface area contributed by atoms with Gasteiger partial charge < -0.3 is 9.84 Å². The molecule has 0 saturated heterocycles. The van der Waals surface area contributed by atoms with Crippen molar-refractivity contribution in [1.29, 1.82) is 0 Å². The van der Waals surface area contributed by atoms with E-state index in [1.807, 2.05) is 32.0 Å². The summed E-state index contributed by atoms with van der Waals surface area (Å²) in [6.07, 6.45) is 0. The maximum atomic E-state index is 11.0. The van der Waals surface area contributed by atoms with Crippen LogP contribution in [0.15, 0.2) is 30.3 Å². The van der Waals surface area contributed by atoms with E-state index in [2.05, 4.69) is 4.98 Å². The van der Waals surface area contributed by atoms with Crippen molar-refractivity contribution in [3.8, 4) is 5.75 Å². The number of fused-ring (bicyclic) bond motifs is 1. The molecular weight excluding hydrogens is 230 g/mol. The van der Waals surface area contributed by atoms with Gasteiger partial charge in [0.25, 0.3) is 0 Å². The van der Waals surface area contributed by atoms with Crippen LogP contribution in [-0.4, -0.2) is 22.7 Å². The minimum absolute atomic E-state index is 0.00690. The van der Waals surface area contributed by atoms with Gasteiger partial charge in [-0.25, -0.2) is 9.78 Å². The van der Waals surface area contributed by atoms with Crippen molar-refractivity contribution < 1.29 is 14.6 Å². The first-order valence-electron chi connectivity index (χ1n) is 5.84. The third kappa shape index (κ3) is 2.59. The molecule has 0 atom stereocenters. The van der Waals surface area contributed by atoms with Gasteiger partial charge in [-0.1, -0.05) is 26.0 Å². The lowest BCUT2D eigenvalue weighted by molar-refractivity contribution is 0.0690. The molecule has 4 heteroatoms. The number of aromatic nitrogens is 1. The summed E-state index contributed by atoms with van der Waals surface area (Å²) < 4.78 is 5.67. The minimum atomic E-state index is -1.05. The highest BCUT2D eigenvalue weighted by atomic mass is 16.5. The fourth-order valence-corrected chi connectivity index (χ4v) is 1.63. The zero-order chi connectivity index (χ0) is 13.1. The summed E-state index contributed by atoms with van der Waals surface area (Å²) in [5, 5.41) is 9.86. The Kier molecular flexibility index (Phi) is 3.46. The molecule has 1 aromatic carbocycles.